The summed E-state index contributed by atoms with van der Waals surface area (Å²) in [6, 6.07) is 5.95. The second-order valence-corrected chi connectivity index (χ2v) is 8.02. The molecular formula is C21H27BrO3. The van der Waals surface area contributed by atoms with Gasteiger partial charge in [-0.05, 0) is 42.9 Å². The van der Waals surface area contributed by atoms with E-state index in [1.54, 1.807) is 0 Å². The summed E-state index contributed by atoms with van der Waals surface area (Å²) >= 11 is 3.42. The largest absolute Gasteiger partial charge is 0.483 e. The number of ether oxygens (including phenoxy) is 3. The van der Waals surface area contributed by atoms with Crippen LogP contribution in [0.4, 0.5) is 0 Å². The van der Waals surface area contributed by atoms with Crippen molar-refractivity contribution in [1.29, 1.82) is 0 Å². The predicted molar refractivity (Wildman–Crippen MR) is 107 cm³/mol. The Kier molecular flexibility index (Phi) is 6.91. The van der Waals surface area contributed by atoms with Crippen molar-refractivity contribution in [1.82, 2.24) is 0 Å². The molecule has 1 aromatic carbocycles. The summed E-state index contributed by atoms with van der Waals surface area (Å²) in [5.74, 6) is 0.864. The van der Waals surface area contributed by atoms with Gasteiger partial charge in [-0.1, -0.05) is 65.7 Å². The van der Waals surface area contributed by atoms with Crippen molar-refractivity contribution < 1.29 is 14.2 Å². The van der Waals surface area contributed by atoms with Crippen LogP contribution in [0.25, 0.3) is 6.08 Å². The van der Waals surface area contributed by atoms with Gasteiger partial charge in [-0.15, -0.1) is 0 Å². The van der Waals surface area contributed by atoms with Crippen LogP contribution in [0.5, 0.6) is 11.5 Å². The van der Waals surface area contributed by atoms with E-state index in [0.717, 1.165) is 21.5 Å². The van der Waals surface area contributed by atoms with E-state index in [9.17, 15) is 0 Å². The number of benzene rings is 1. The molecular weight excluding hydrogens is 380 g/mol. The molecule has 25 heavy (non-hydrogen) atoms. The van der Waals surface area contributed by atoms with E-state index in [-0.39, 0.29) is 5.92 Å². The van der Waals surface area contributed by atoms with E-state index in [0.29, 0.717) is 13.2 Å². The Bertz CT molecular complexity index is 680. The zero-order chi connectivity index (χ0) is 18.4. The molecule has 136 valence electrons. The Hall–Kier alpha value is -1.52. The Labute approximate surface area is 159 Å². The fourth-order valence-electron chi connectivity index (χ4n) is 2.38. The highest BCUT2D eigenvalue weighted by atomic mass is 79.9. The van der Waals surface area contributed by atoms with Crippen LogP contribution in [-0.4, -0.2) is 19.0 Å². The Morgan fingerprint density at radius 2 is 2.04 bits per heavy atom. The Morgan fingerprint density at radius 1 is 1.28 bits per heavy atom. The minimum absolute atomic E-state index is 0.157. The Morgan fingerprint density at radius 3 is 2.68 bits per heavy atom. The molecule has 1 unspecified atom stereocenters. The van der Waals surface area contributed by atoms with Crippen LogP contribution in [-0.2, 0) is 4.74 Å². The normalized spacial score (nSPS) is 20.2. The van der Waals surface area contributed by atoms with E-state index < -0.39 is 5.79 Å². The van der Waals surface area contributed by atoms with E-state index in [1.165, 1.54) is 5.57 Å². The van der Waals surface area contributed by atoms with E-state index in [2.05, 4.69) is 49.7 Å². The van der Waals surface area contributed by atoms with Gasteiger partial charge in [0.15, 0.2) is 18.1 Å². The fraction of sp³-hybridized carbons (Fsp3) is 0.429. The molecule has 0 N–H and O–H groups in total. The molecule has 0 bridgehead atoms. The first-order valence-electron chi connectivity index (χ1n) is 8.56. The molecule has 0 fully saturated rings. The zero-order valence-corrected chi connectivity index (χ0v) is 17.2. The molecule has 0 saturated carbocycles. The molecule has 1 aliphatic rings. The highest BCUT2D eigenvalue weighted by molar-refractivity contribution is 9.11. The zero-order valence-electron chi connectivity index (χ0n) is 15.6. The SMILES string of the molecule is CC(C)=CCOC1(C(C)C)COc2ccc(/C=C/C=C(/C)Br)cc2O1. The molecule has 0 aromatic heterocycles. The molecule has 0 spiro atoms. The minimum atomic E-state index is -0.770. The number of rotatable bonds is 6. The summed E-state index contributed by atoms with van der Waals surface area (Å²) in [6.45, 7) is 11.2. The number of allylic oxidation sites excluding steroid dienone is 4. The molecule has 0 radical (unpaired) electrons. The van der Waals surface area contributed by atoms with Crippen molar-refractivity contribution in [3.63, 3.8) is 0 Å². The molecule has 1 atom stereocenters. The lowest BCUT2D eigenvalue weighted by atomic mass is 10.0. The minimum Gasteiger partial charge on any atom is -0.483 e. The first-order chi connectivity index (χ1) is 11.8. The monoisotopic (exact) mass is 406 g/mol. The molecule has 1 heterocycles. The maximum atomic E-state index is 6.30. The van der Waals surface area contributed by atoms with Crippen LogP contribution in [0.3, 0.4) is 0 Å². The average molecular weight is 407 g/mol. The molecule has 1 aromatic rings. The maximum Gasteiger partial charge on any atom is 0.247 e. The molecule has 2 rings (SSSR count). The molecule has 3 nitrogen and oxygen atoms in total. The van der Waals surface area contributed by atoms with Crippen molar-refractivity contribution >= 4 is 22.0 Å². The fourth-order valence-corrected chi connectivity index (χ4v) is 2.54. The second kappa shape index (κ2) is 8.72. The van der Waals surface area contributed by atoms with Crippen LogP contribution in [0.15, 0.2) is 46.5 Å². The molecule has 0 aliphatic carbocycles. The van der Waals surface area contributed by atoms with Gasteiger partial charge in [-0.2, -0.15) is 0 Å². The van der Waals surface area contributed by atoms with E-state index in [4.69, 9.17) is 14.2 Å². The van der Waals surface area contributed by atoms with Crippen LogP contribution in [0, 0.1) is 5.92 Å². The molecule has 0 amide bonds. The number of halogens is 1. The summed E-state index contributed by atoms with van der Waals surface area (Å²) in [6.07, 6.45) is 8.08. The number of hydrogen-bond donors (Lipinski definition) is 0. The quantitative estimate of drug-likeness (QED) is 0.421. The summed E-state index contributed by atoms with van der Waals surface area (Å²) < 4.78 is 19.4. The van der Waals surface area contributed by atoms with Crippen LogP contribution < -0.4 is 9.47 Å². The second-order valence-electron chi connectivity index (χ2n) is 6.77. The Balaban J connectivity index is 2.22. The predicted octanol–water partition coefficient (Wildman–Crippen LogP) is 6.10. The summed E-state index contributed by atoms with van der Waals surface area (Å²) in [4.78, 5) is 0. The highest BCUT2D eigenvalue weighted by Crippen LogP contribution is 2.39. The van der Waals surface area contributed by atoms with E-state index in [1.807, 2.05) is 43.4 Å². The van der Waals surface area contributed by atoms with Gasteiger partial charge in [0.2, 0.25) is 5.79 Å². The number of fused-ring (bicyclic) bond motifs is 1. The average Bonchev–Trinajstić information content (AvgIpc) is 2.53. The van der Waals surface area contributed by atoms with Gasteiger partial charge < -0.3 is 14.2 Å². The van der Waals surface area contributed by atoms with Crippen molar-refractivity contribution in [2.75, 3.05) is 13.2 Å². The highest BCUT2D eigenvalue weighted by Gasteiger charge is 2.42. The van der Waals surface area contributed by atoms with Crippen LogP contribution in [0.1, 0.15) is 40.2 Å². The summed E-state index contributed by atoms with van der Waals surface area (Å²) in [5, 5.41) is 0. The third-order valence-corrected chi connectivity index (χ3v) is 4.26. The van der Waals surface area contributed by atoms with Crippen LogP contribution in [0.2, 0.25) is 0 Å². The molecule has 4 heteroatoms. The molecule has 1 aliphatic heterocycles. The maximum absolute atomic E-state index is 6.30. The lowest BCUT2D eigenvalue weighted by Crippen LogP contribution is -2.51. The first kappa shape index (κ1) is 19.8. The third-order valence-electron chi connectivity index (χ3n) is 3.99. The van der Waals surface area contributed by atoms with Crippen molar-refractivity contribution in [2.24, 2.45) is 5.92 Å². The third kappa shape index (κ3) is 5.48. The van der Waals surface area contributed by atoms with Crippen molar-refractivity contribution in [2.45, 2.75) is 40.4 Å². The van der Waals surface area contributed by atoms with E-state index >= 15 is 0 Å². The van der Waals surface area contributed by atoms with Gasteiger partial charge in [0, 0.05) is 5.92 Å². The van der Waals surface area contributed by atoms with Gasteiger partial charge >= 0.3 is 0 Å². The number of hydrogen-bond acceptors (Lipinski definition) is 3. The van der Waals surface area contributed by atoms with Crippen molar-refractivity contribution in [3.05, 3.63) is 52.0 Å². The van der Waals surface area contributed by atoms with Gasteiger partial charge in [0.05, 0.1) is 6.61 Å². The van der Waals surface area contributed by atoms with Gasteiger partial charge in [-0.25, -0.2) is 0 Å². The standard InChI is InChI=1S/C21H27BrO3/c1-15(2)11-12-24-21(16(3)4)14-23-19-10-9-18(13-20(19)25-21)8-6-7-17(5)22/h6-11,13,16H,12,14H2,1-5H3/b8-6+,17-7-. The van der Waals surface area contributed by atoms with Crippen molar-refractivity contribution in [3.8, 4) is 11.5 Å². The van der Waals surface area contributed by atoms with Gasteiger partial charge in [0.25, 0.3) is 0 Å². The smallest absolute Gasteiger partial charge is 0.247 e. The summed E-state index contributed by atoms with van der Waals surface area (Å²) in [7, 11) is 0. The molecule has 0 saturated heterocycles. The lowest BCUT2D eigenvalue weighted by Gasteiger charge is -2.40. The van der Waals surface area contributed by atoms with Crippen LogP contribution >= 0.6 is 15.9 Å². The first-order valence-corrected chi connectivity index (χ1v) is 9.35. The summed E-state index contributed by atoms with van der Waals surface area (Å²) in [5.41, 5.74) is 2.27. The lowest BCUT2D eigenvalue weighted by molar-refractivity contribution is -0.231. The van der Waals surface area contributed by atoms with Gasteiger partial charge in [-0.3, -0.25) is 0 Å². The van der Waals surface area contributed by atoms with Gasteiger partial charge in [0.1, 0.15) is 0 Å². The topological polar surface area (TPSA) is 27.7 Å².